The summed E-state index contributed by atoms with van der Waals surface area (Å²) in [6.45, 7) is 7.43. The molecular weight excluding hydrogens is 376 g/mol. The van der Waals surface area contributed by atoms with Crippen LogP contribution in [0, 0.1) is 11.3 Å². The van der Waals surface area contributed by atoms with E-state index in [4.69, 9.17) is 4.74 Å². The molecule has 0 saturated heterocycles. The maximum Gasteiger partial charge on any atom is 0.306 e. The van der Waals surface area contributed by atoms with Crippen molar-refractivity contribution >= 4 is 29.5 Å². The van der Waals surface area contributed by atoms with Crippen LogP contribution in [-0.4, -0.2) is 49.0 Å². The molecule has 1 aliphatic rings. The first-order valence-electron chi connectivity index (χ1n) is 10.6. The highest BCUT2D eigenvalue weighted by atomic mass is 32.2. The monoisotopic (exact) mass is 414 g/mol. The lowest BCUT2D eigenvalue weighted by Gasteiger charge is -2.23. The highest BCUT2D eigenvalue weighted by Gasteiger charge is 2.22. The number of carbonyl (C=O) groups excluding carboxylic acids is 3. The van der Waals surface area contributed by atoms with E-state index in [0.29, 0.717) is 32.5 Å². The van der Waals surface area contributed by atoms with Gasteiger partial charge in [-0.3, -0.25) is 14.4 Å². The minimum absolute atomic E-state index is 0.0211. The zero-order valence-electron chi connectivity index (χ0n) is 17.8. The molecular formula is C21H38N2O4S. The maximum absolute atomic E-state index is 12.0. The molecule has 2 amide bonds. The molecule has 2 N–H and O–H groups in total. The standard InChI is InChI=1S/C21H38N2O4S/c1-4-27-19(25)16-21(2,3)11-14-28-15-13-22-18(24)10-12-23-20(26)17-8-6-5-7-9-17/h17H,4-16H2,1-3H3,(H,22,24)(H,23,26). The van der Waals surface area contributed by atoms with Gasteiger partial charge in [0.15, 0.2) is 0 Å². The molecule has 0 atom stereocenters. The Kier molecular flexibility index (Phi) is 12.3. The lowest BCUT2D eigenvalue weighted by molar-refractivity contribution is -0.145. The van der Waals surface area contributed by atoms with E-state index in [1.807, 2.05) is 6.92 Å². The van der Waals surface area contributed by atoms with Crippen molar-refractivity contribution in [3.63, 3.8) is 0 Å². The topological polar surface area (TPSA) is 84.5 Å². The van der Waals surface area contributed by atoms with Crippen LogP contribution in [0.1, 0.15) is 72.1 Å². The fraction of sp³-hybridized carbons (Fsp3) is 0.857. The molecule has 1 rings (SSSR count). The van der Waals surface area contributed by atoms with Gasteiger partial charge in [-0.1, -0.05) is 33.1 Å². The third-order valence-corrected chi connectivity index (χ3v) is 6.03. The van der Waals surface area contributed by atoms with Crippen LogP contribution in [0.2, 0.25) is 0 Å². The molecule has 28 heavy (non-hydrogen) atoms. The van der Waals surface area contributed by atoms with Gasteiger partial charge in [-0.25, -0.2) is 0 Å². The fourth-order valence-electron chi connectivity index (χ4n) is 3.30. The first-order chi connectivity index (χ1) is 13.3. The normalized spacial score (nSPS) is 15.1. The second-order valence-electron chi connectivity index (χ2n) is 8.23. The summed E-state index contributed by atoms with van der Waals surface area (Å²) in [5.41, 5.74) is -0.0704. The maximum atomic E-state index is 12.0. The van der Waals surface area contributed by atoms with Crippen LogP contribution >= 0.6 is 11.8 Å². The SMILES string of the molecule is CCOC(=O)CC(C)(C)CCSCCNC(=O)CCNC(=O)C1CCCCC1. The van der Waals surface area contributed by atoms with Crippen LogP contribution in [0.5, 0.6) is 0 Å². The summed E-state index contributed by atoms with van der Waals surface area (Å²) in [6, 6.07) is 0. The van der Waals surface area contributed by atoms with Gasteiger partial charge in [-0.2, -0.15) is 11.8 Å². The van der Waals surface area contributed by atoms with Crippen LogP contribution in [0.3, 0.4) is 0 Å². The van der Waals surface area contributed by atoms with Gasteiger partial charge in [-0.05, 0) is 37.4 Å². The Balaban J connectivity index is 2.01. The number of nitrogens with one attached hydrogen (secondary N) is 2. The predicted octanol–water partition coefficient (Wildman–Crippen LogP) is 3.29. The molecule has 1 fully saturated rings. The van der Waals surface area contributed by atoms with E-state index in [2.05, 4.69) is 24.5 Å². The van der Waals surface area contributed by atoms with Crippen molar-refractivity contribution in [1.82, 2.24) is 10.6 Å². The molecule has 0 radical (unpaired) electrons. The Labute approximate surface area is 174 Å². The molecule has 1 saturated carbocycles. The van der Waals surface area contributed by atoms with Crippen molar-refractivity contribution in [2.24, 2.45) is 11.3 Å². The number of thioether (sulfide) groups is 1. The summed E-state index contributed by atoms with van der Waals surface area (Å²) in [7, 11) is 0. The Morgan fingerprint density at radius 3 is 2.43 bits per heavy atom. The third-order valence-electron chi connectivity index (χ3n) is 5.05. The fourth-order valence-corrected chi connectivity index (χ4v) is 4.45. The van der Waals surface area contributed by atoms with E-state index in [0.717, 1.165) is 43.6 Å². The Hall–Kier alpha value is -1.24. The van der Waals surface area contributed by atoms with Crippen molar-refractivity contribution in [3.05, 3.63) is 0 Å². The van der Waals surface area contributed by atoms with Crippen LogP contribution in [-0.2, 0) is 19.1 Å². The van der Waals surface area contributed by atoms with Gasteiger partial charge in [-0.15, -0.1) is 0 Å². The van der Waals surface area contributed by atoms with E-state index in [1.54, 1.807) is 11.8 Å². The van der Waals surface area contributed by atoms with Crippen LogP contribution in [0.15, 0.2) is 0 Å². The molecule has 0 aromatic rings. The van der Waals surface area contributed by atoms with Gasteiger partial charge >= 0.3 is 5.97 Å². The second-order valence-corrected chi connectivity index (χ2v) is 9.46. The van der Waals surface area contributed by atoms with Crippen molar-refractivity contribution in [2.75, 3.05) is 31.2 Å². The average Bonchev–Trinajstić information content (AvgIpc) is 2.64. The molecule has 0 bridgehead atoms. The van der Waals surface area contributed by atoms with E-state index in [1.165, 1.54) is 6.42 Å². The number of amides is 2. The molecule has 0 unspecified atom stereocenters. The Bertz CT molecular complexity index is 491. The zero-order valence-corrected chi connectivity index (χ0v) is 18.6. The lowest BCUT2D eigenvalue weighted by Crippen LogP contribution is -2.35. The van der Waals surface area contributed by atoms with Crippen molar-refractivity contribution in [1.29, 1.82) is 0 Å². The van der Waals surface area contributed by atoms with Crippen LogP contribution < -0.4 is 10.6 Å². The molecule has 0 aromatic carbocycles. The first kappa shape index (κ1) is 24.8. The number of carbonyl (C=O) groups is 3. The number of esters is 1. The summed E-state index contributed by atoms with van der Waals surface area (Å²) < 4.78 is 5.01. The van der Waals surface area contributed by atoms with E-state index >= 15 is 0 Å². The van der Waals surface area contributed by atoms with Crippen molar-refractivity contribution in [2.45, 2.75) is 72.1 Å². The van der Waals surface area contributed by atoms with Crippen LogP contribution in [0.4, 0.5) is 0 Å². The third kappa shape index (κ3) is 11.6. The molecule has 1 aliphatic carbocycles. The van der Waals surface area contributed by atoms with Crippen molar-refractivity contribution < 1.29 is 19.1 Å². The summed E-state index contributed by atoms with van der Waals surface area (Å²) in [5, 5.41) is 5.79. The summed E-state index contributed by atoms with van der Waals surface area (Å²) in [5.74, 6) is 1.87. The molecule has 162 valence electrons. The molecule has 0 aromatic heterocycles. The lowest BCUT2D eigenvalue weighted by atomic mass is 9.86. The number of hydrogen-bond donors (Lipinski definition) is 2. The Morgan fingerprint density at radius 2 is 1.75 bits per heavy atom. The minimum atomic E-state index is -0.139. The van der Waals surface area contributed by atoms with E-state index in [9.17, 15) is 14.4 Å². The van der Waals surface area contributed by atoms with Gasteiger partial charge in [0.25, 0.3) is 0 Å². The van der Waals surface area contributed by atoms with E-state index in [-0.39, 0.29) is 29.1 Å². The molecule has 6 nitrogen and oxygen atoms in total. The van der Waals surface area contributed by atoms with E-state index < -0.39 is 0 Å². The quantitative estimate of drug-likeness (QED) is 0.357. The first-order valence-corrected chi connectivity index (χ1v) is 11.8. The Morgan fingerprint density at radius 1 is 1.04 bits per heavy atom. The largest absolute Gasteiger partial charge is 0.466 e. The molecule has 0 aliphatic heterocycles. The molecule has 7 heteroatoms. The number of ether oxygens (including phenoxy) is 1. The van der Waals surface area contributed by atoms with Crippen molar-refractivity contribution in [3.8, 4) is 0 Å². The minimum Gasteiger partial charge on any atom is -0.466 e. The predicted molar refractivity (Wildman–Crippen MR) is 114 cm³/mol. The molecule has 0 heterocycles. The highest BCUT2D eigenvalue weighted by Crippen LogP contribution is 2.27. The molecule has 0 spiro atoms. The summed E-state index contributed by atoms with van der Waals surface area (Å²) >= 11 is 1.77. The summed E-state index contributed by atoms with van der Waals surface area (Å²) in [4.78, 5) is 35.5. The summed E-state index contributed by atoms with van der Waals surface area (Å²) in [6.07, 6.45) is 7.15. The number of hydrogen-bond acceptors (Lipinski definition) is 5. The van der Waals surface area contributed by atoms with Crippen LogP contribution in [0.25, 0.3) is 0 Å². The average molecular weight is 415 g/mol. The van der Waals surface area contributed by atoms with Gasteiger partial charge in [0.1, 0.15) is 0 Å². The van der Waals surface area contributed by atoms with Gasteiger partial charge in [0.2, 0.25) is 11.8 Å². The van der Waals surface area contributed by atoms with Gasteiger partial charge < -0.3 is 15.4 Å². The zero-order chi connectivity index (χ0) is 20.8. The van der Waals surface area contributed by atoms with Gasteiger partial charge in [0, 0.05) is 31.2 Å². The number of rotatable bonds is 13. The van der Waals surface area contributed by atoms with Gasteiger partial charge in [0.05, 0.1) is 13.0 Å². The second kappa shape index (κ2) is 13.9. The smallest absolute Gasteiger partial charge is 0.306 e. The highest BCUT2D eigenvalue weighted by molar-refractivity contribution is 7.99.